The molecule has 0 aromatic carbocycles. The standard InChI is InChI=1S/C7H13N3S2/c1-8-7(11)10-9-4-6-2-3-12-5-6/h4,6H,2-3,5H2,1H3,(H2,8,10,11)/b9-4+. The third kappa shape index (κ3) is 3.40. The van der Waals surface area contributed by atoms with Crippen LogP contribution < -0.4 is 10.7 Å². The summed E-state index contributed by atoms with van der Waals surface area (Å²) >= 11 is 6.83. The second-order valence-electron chi connectivity index (χ2n) is 2.59. The van der Waals surface area contributed by atoms with E-state index in [1.54, 1.807) is 7.05 Å². The van der Waals surface area contributed by atoms with Gasteiger partial charge in [-0.15, -0.1) is 0 Å². The fourth-order valence-corrected chi connectivity index (χ4v) is 2.17. The van der Waals surface area contributed by atoms with Gasteiger partial charge < -0.3 is 5.32 Å². The van der Waals surface area contributed by atoms with Crippen LogP contribution in [0.25, 0.3) is 0 Å². The van der Waals surface area contributed by atoms with Gasteiger partial charge in [0.2, 0.25) is 0 Å². The Balaban J connectivity index is 2.16. The molecule has 0 amide bonds. The monoisotopic (exact) mass is 203 g/mol. The minimum Gasteiger partial charge on any atom is -0.364 e. The number of thioether (sulfide) groups is 1. The van der Waals surface area contributed by atoms with Crippen molar-refractivity contribution in [3.8, 4) is 0 Å². The number of hydrogen-bond donors (Lipinski definition) is 2. The van der Waals surface area contributed by atoms with Gasteiger partial charge in [-0.25, -0.2) is 0 Å². The van der Waals surface area contributed by atoms with E-state index in [0.717, 1.165) is 0 Å². The second kappa shape index (κ2) is 5.37. The summed E-state index contributed by atoms with van der Waals surface area (Å²) < 4.78 is 0. The molecule has 68 valence electrons. The third-order valence-electron chi connectivity index (χ3n) is 1.64. The van der Waals surface area contributed by atoms with Gasteiger partial charge in [0.25, 0.3) is 0 Å². The summed E-state index contributed by atoms with van der Waals surface area (Å²) in [5.41, 5.74) is 2.74. The van der Waals surface area contributed by atoms with Crippen molar-refractivity contribution >= 4 is 35.3 Å². The first-order valence-corrected chi connectivity index (χ1v) is 5.48. The average Bonchev–Trinajstić information content (AvgIpc) is 2.57. The van der Waals surface area contributed by atoms with Gasteiger partial charge in [-0.3, -0.25) is 5.43 Å². The van der Waals surface area contributed by atoms with Crippen LogP contribution in [0.2, 0.25) is 0 Å². The zero-order chi connectivity index (χ0) is 8.81. The Bertz CT molecular complexity index is 175. The number of hydrazone groups is 1. The van der Waals surface area contributed by atoms with Gasteiger partial charge in [-0.05, 0) is 24.4 Å². The lowest BCUT2D eigenvalue weighted by molar-refractivity contribution is 0.797. The first-order chi connectivity index (χ1) is 5.83. The minimum absolute atomic E-state index is 0.567. The lowest BCUT2D eigenvalue weighted by Gasteiger charge is -2.01. The zero-order valence-electron chi connectivity index (χ0n) is 7.04. The van der Waals surface area contributed by atoms with Crippen LogP contribution in [-0.2, 0) is 0 Å². The fraction of sp³-hybridized carbons (Fsp3) is 0.714. The Morgan fingerprint density at radius 3 is 3.17 bits per heavy atom. The van der Waals surface area contributed by atoms with Gasteiger partial charge in [-0.1, -0.05) is 0 Å². The minimum atomic E-state index is 0.567. The molecule has 3 nitrogen and oxygen atoms in total. The molecule has 0 saturated carbocycles. The molecule has 1 fully saturated rings. The van der Waals surface area contributed by atoms with E-state index in [9.17, 15) is 0 Å². The predicted molar refractivity (Wildman–Crippen MR) is 58.7 cm³/mol. The molecule has 0 bridgehead atoms. The molecule has 1 rings (SSSR count). The highest BCUT2D eigenvalue weighted by Crippen LogP contribution is 2.21. The van der Waals surface area contributed by atoms with E-state index in [1.807, 2.05) is 18.0 Å². The van der Waals surface area contributed by atoms with Crippen LogP contribution in [0, 0.1) is 5.92 Å². The van der Waals surface area contributed by atoms with Gasteiger partial charge >= 0.3 is 0 Å². The van der Waals surface area contributed by atoms with E-state index < -0.39 is 0 Å². The Kier molecular flexibility index (Phi) is 4.39. The van der Waals surface area contributed by atoms with Crippen LogP contribution >= 0.6 is 24.0 Å². The van der Waals surface area contributed by atoms with Crippen molar-refractivity contribution in [1.29, 1.82) is 0 Å². The maximum absolute atomic E-state index is 4.85. The second-order valence-corrected chi connectivity index (χ2v) is 4.15. The van der Waals surface area contributed by atoms with Crippen molar-refractivity contribution in [2.75, 3.05) is 18.6 Å². The Morgan fingerprint density at radius 2 is 2.58 bits per heavy atom. The van der Waals surface area contributed by atoms with Gasteiger partial charge in [0.1, 0.15) is 0 Å². The molecule has 1 saturated heterocycles. The molecule has 1 heterocycles. The lowest BCUT2D eigenvalue weighted by atomic mass is 10.1. The van der Waals surface area contributed by atoms with Crippen LogP contribution in [0.5, 0.6) is 0 Å². The maximum atomic E-state index is 4.85. The third-order valence-corrected chi connectivity index (χ3v) is 3.13. The SMILES string of the molecule is CNC(=S)N/N=C/C1CCSC1. The molecule has 12 heavy (non-hydrogen) atoms. The summed E-state index contributed by atoms with van der Waals surface area (Å²) in [7, 11) is 1.77. The number of nitrogens with one attached hydrogen (secondary N) is 2. The van der Waals surface area contributed by atoms with E-state index in [-0.39, 0.29) is 0 Å². The van der Waals surface area contributed by atoms with Crippen LogP contribution in [0.1, 0.15) is 6.42 Å². The zero-order valence-corrected chi connectivity index (χ0v) is 8.67. The summed E-state index contributed by atoms with van der Waals surface area (Å²) in [5.74, 6) is 3.08. The molecular weight excluding hydrogens is 190 g/mol. The highest BCUT2D eigenvalue weighted by atomic mass is 32.2. The van der Waals surface area contributed by atoms with Crippen molar-refractivity contribution in [3.63, 3.8) is 0 Å². The van der Waals surface area contributed by atoms with Crippen LogP contribution in [0.3, 0.4) is 0 Å². The van der Waals surface area contributed by atoms with Gasteiger partial charge in [0, 0.05) is 24.9 Å². The average molecular weight is 203 g/mol. The Morgan fingerprint density at radius 1 is 1.75 bits per heavy atom. The molecule has 5 heteroatoms. The van der Waals surface area contributed by atoms with E-state index in [2.05, 4.69) is 15.8 Å². The van der Waals surface area contributed by atoms with Gasteiger partial charge in [-0.2, -0.15) is 16.9 Å². The predicted octanol–water partition coefficient (Wildman–Crippen LogP) is 0.819. The van der Waals surface area contributed by atoms with Gasteiger partial charge in [0.15, 0.2) is 5.11 Å². The molecule has 1 aliphatic heterocycles. The molecule has 0 aliphatic carbocycles. The first-order valence-electron chi connectivity index (χ1n) is 3.91. The van der Waals surface area contributed by atoms with Crippen LogP contribution in [-0.4, -0.2) is 29.9 Å². The molecule has 0 radical (unpaired) electrons. The summed E-state index contributed by atoms with van der Waals surface area (Å²) in [6, 6.07) is 0. The molecule has 2 N–H and O–H groups in total. The largest absolute Gasteiger partial charge is 0.364 e. The van der Waals surface area contributed by atoms with E-state index in [4.69, 9.17) is 12.2 Å². The molecule has 0 aromatic heterocycles. The lowest BCUT2D eigenvalue weighted by Crippen LogP contribution is -2.28. The van der Waals surface area contributed by atoms with Crippen molar-refractivity contribution < 1.29 is 0 Å². The molecule has 1 atom stereocenters. The molecule has 1 unspecified atom stereocenters. The van der Waals surface area contributed by atoms with Crippen molar-refractivity contribution in [3.05, 3.63) is 0 Å². The van der Waals surface area contributed by atoms with E-state index in [1.165, 1.54) is 17.9 Å². The fourth-order valence-electron chi connectivity index (χ4n) is 0.928. The van der Waals surface area contributed by atoms with Crippen molar-refractivity contribution in [1.82, 2.24) is 10.7 Å². The quantitative estimate of drug-likeness (QED) is 0.396. The Labute approximate surface area is 82.4 Å². The smallest absolute Gasteiger partial charge is 0.186 e. The summed E-state index contributed by atoms with van der Waals surface area (Å²) in [6.45, 7) is 0. The van der Waals surface area contributed by atoms with Crippen LogP contribution in [0.4, 0.5) is 0 Å². The normalized spacial score (nSPS) is 22.9. The number of thiocarbonyl (C=S) groups is 1. The van der Waals surface area contributed by atoms with Crippen molar-refractivity contribution in [2.24, 2.45) is 11.0 Å². The summed E-state index contributed by atoms with van der Waals surface area (Å²) in [5, 5.41) is 7.39. The summed E-state index contributed by atoms with van der Waals surface area (Å²) in [6.07, 6.45) is 3.19. The number of rotatable bonds is 2. The number of nitrogens with zero attached hydrogens (tertiary/aromatic N) is 1. The van der Waals surface area contributed by atoms with Crippen molar-refractivity contribution in [2.45, 2.75) is 6.42 Å². The maximum Gasteiger partial charge on any atom is 0.186 e. The summed E-state index contributed by atoms with van der Waals surface area (Å²) in [4.78, 5) is 0. The molecule has 0 spiro atoms. The Hall–Kier alpha value is -0.290. The highest BCUT2D eigenvalue weighted by molar-refractivity contribution is 7.99. The molecular formula is C7H13N3S2. The highest BCUT2D eigenvalue weighted by Gasteiger charge is 2.12. The first kappa shape index (κ1) is 9.80. The molecule has 0 aromatic rings. The topological polar surface area (TPSA) is 36.4 Å². The van der Waals surface area contributed by atoms with Gasteiger partial charge in [0.05, 0.1) is 0 Å². The number of hydrogen-bond acceptors (Lipinski definition) is 3. The van der Waals surface area contributed by atoms with E-state index >= 15 is 0 Å². The van der Waals surface area contributed by atoms with Crippen LogP contribution in [0.15, 0.2) is 5.10 Å². The van der Waals surface area contributed by atoms with E-state index in [0.29, 0.717) is 11.0 Å². The molecule has 1 aliphatic rings.